The number of halogens is 1. The van der Waals surface area contributed by atoms with Crippen LogP contribution in [0, 0.1) is 17.1 Å². The lowest BCUT2D eigenvalue weighted by molar-refractivity contribution is 0.244. The van der Waals surface area contributed by atoms with Gasteiger partial charge in [0.1, 0.15) is 11.7 Å². The third-order valence-electron chi connectivity index (χ3n) is 3.63. The molecule has 1 aromatic carbocycles. The van der Waals surface area contributed by atoms with Crippen molar-refractivity contribution >= 4 is 11.5 Å². The van der Waals surface area contributed by atoms with Crippen LogP contribution < -0.4 is 10.6 Å². The maximum Gasteiger partial charge on any atom is 0.125 e. The molecule has 2 atom stereocenters. The van der Waals surface area contributed by atoms with Crippen LogP contribution in [0.3, 0.4) is 0 Å². The maximum atomic E-state index is 13.2. The zero-order chi connectivity index (χ0) is 13.3. The highest BCUT2D eigenvalue weighted by Crippen LogP contribution is 2.32. The summed E-state index contributed by atoms with van der Waals surface area (Å²) in [7, 11) is 0. The molecule has 2 unspecified atom stereocenters. The average molecular weight is 251 g/mol. The van der Waals surface area contributed by atoms with E-state index in [1.807, 2.05) is 4.90 Å². The van der Waals surface area contributed by atoms with Gasteiger partial charge in [-0.1, -0.05) is 6.92 Å². The number of nitrogen functional groups attached to an aromatic ring is 1. The van der Waals surface area contributed by atoms with Crippen molar-refractivity contribution in [3.63, 3.8) is 0 Å². The van der Waals surface area contributed by atoms with Crippen molar-refractivity contribution in [1.29, 1.82) is 5.41 Å². The van der Waals surface area contributed by atoms with Crippen LogP contribution in [0.15, 0.2) is 18.2 Å². The summed E-state index contributed by atoms with van der Waals surface area (Å²) in [6.45, 7) is 2.92. The van der Waals surface area contributed by atoms with Gasteiger partial charge in [0.15, 0.2) is 0 Å². The first-order valence-electron chi connectivity index (χ1n) is 6.06. The van der Waals surface area contributed by atoms with Crippen molar-refractivity contribution in [2.75, 3.05) is 18.1 Å². The highest BCUT2D eigenvalue weighted by Gasteiger charge is 2.32. The van der Waals surface area contributed by atoms with Gasteiger partial charge in [-0.25, -0.2) is 4.39 Å². The van der Waals surface area contributed by atoms with Gasteiger partial charge in [-0.15, -0.1) is 0 Å². The molecule has 0 bridgehead atoms. The second kappa shape index (κ2) is 4.94. The Morgan fingerprint density at radius 2 is 2.33 bits per heavy atom. The molecule has 1 aliphatic heterocycles. The smallest absolute Gasteiger partial charge is 0.125 e. The van der Waals surface area contributed by atoms with Gasteiger partial charge in [0, 0.05) is 17.8 Å². The third-order valence-corrected chi connectivity index (χ3v) is 3.63. The first-order valence-corrected chi connectivity index (χ1v) is 6.06. The number of aliphatic hydroxyl groups excluding tert-OH is 1. The molecule has 0 radical (unpaired) electrons. The molecule has 2 rings (SSSR count). The van der Waals surface area contributed by atoms with E-state index in [4.69, 9.17) is 11.1 Å². The summed E-state index contributed by atoms with van der Waals surface area (Å²) in [5.41, 5.74) is 6.62. The number of nitrogens with one attached hydrogen (secondary N) is 1. The van der Waals surface area contributed by atoms with E-state index in [2.05, 4.69) is 6.92 Å². The zero-order valence-electron chi connectivity index (χ0n) is 10.4. The van der Waals surface area contributed by atoms with Gasteiger partial charge < -0.3 is 15.7 Å². The van der Waals surface area contributed by atoms with E-state index in [0.29, 0.717) is 11.5 Å². The Bertz CT molecular complexity index is 464. The fraction of sp³-hybridized carbons (Fsp3) is 0.462. The van der Waals surface area contributed by atoms with E-state index in [-0.39, 0.29) is 18.5 Å². The zero-order valence-corrected chi connectivity index (χ0v) is 10.4. The number of nitrogens with zero attached hydrogens (tertiary/aromatic N) is 1. The summed E-state index contributed by atoms with van der Waals surface area (Å²) in [5.74, 6) is -0.183. The van der Waals surface area contributed by atoms with Gasteiger partial charge >= 0.3 is 0 Å². The van der Waals surface area contributed by atoms with Crippen molar-refractivity contribution in [3.8, 4) is 0 Å². The Morgan fingerprint density at radius 3 is 2.94 bits per heavy atom. The molecule has 1 saturated heterocycles. The third kappa shape index (κ3) is 2.18. The number of amidine groups is 1. The molecule has 98 valence electrons. The predicted molar refractivity (Wildman–Crippen MR) is 69.4 cm³/mol. The maximum absolute atomic E-state index is 13.2. The molecule has 4 nitrogen and oxygen atoms in total. The summed E-state index contributed by atoms with van der Waals surface area (Å²) in [6, 6.07) is 4.27. The van der Waals surface area contributed by atoms with E-state index >= 15 is 0 Å². The second-order valence-electron chi connectivity index (χ2n) is 4.78. The molecule has 4 N–H and O–H groups in total. The van der Waals surface area contributed by atoms with E-state index in [1.165, 1.54) is 12.1 Å². The van der Waals surface area contributed by atoms with E-state index in [0.717, 1.165) is 18.7 Å². The van der Waals surface area contributed by atoms with Gasteiger partial charge in [0.25, 0.3) is 0 Å². The number of benzene rings is 1. The molecule has 0 aromatic heterocycles. The summed E-state index contributed by atoms with van der Waals surface area (Å²) >= 11 is 0. The number of nitrogens with two attached hydrogens (primary N) is 1. The van der Waals surface area contributed by atoms with Gasteiger partial charge in [0.2, 0.25) is 0 Å². The van der Waals surface area contributed by atoms with Crippen LogP contribution in [0.1, 0.15) is 18.9 Å². The fourth-order valence-corrected chi connectivity index (χ4v) is 2.56. The minimum Gasteiger partial charge on any atom is -0.394 e. The molecule has 1 aliphatic rings. The van der Waals surface area contributed by atoms with Crippen molar-refractivity contribution in [1.82, 2.24) is 0 Å². The molecule has 0 amide bonds. The molecule has 0 spiro atoms. The fourth-order valence-electron chi connectivity index (χ4n) is 2.56. The van der Waals surface area contributed by atoms with E-state index in [9.17, 15) is 9.50 Å². The topological polar surface area (TPSA) is 73.3 Å². The van der Waals surface area contributed by atoms with Crippen LogP contribution in [0.4, 0.5) is 10.1 Å². The van der Waals surface area contributed by atoms with Crippen LogP contribution in [-0.4, -0.2) is 30.1 Å². The molecule has 5 heteroatoms. The average Bonchev–Trinajstić information content (AvgIpc) is 2.70. The lowest BCUT2D eigenvalue weighted by atomic mass is 10.0. The number of rotatable bonds is 3. The van der Waals surface area contributed by atoms with Gasteiger partial charge in [-0.2, -0.15) is 0 Å². The minimum absolute atomic E-state index is 0.00793. The first kappa shape index (κ1) is 12.8. The predicted octanol–water partition coefficient (Wildman–Crippen LogP) is 1.32. The molecule has 18 heavy (non-hydrogen) atoms. The molecule has 0 aliphatic carbocycles. The van der Waals surface area contributed by atoms with Crippen molar-refractivity contribution in [2.24, 2.45) is 11.7 Å². The first-order chi connectivity index (χ1) is 8.54. The number of anilines is 1. The SMILES string of the molecule is CC1CCN(c2ccc(F)cc2C(=N)N)C1CO. The van der Waals surface area contributed by atoms with Gasteiger partial charge in [-0.3, -0.25) is 5.41 Å². The van der Waals surface area contributed by atoms with Crippen LogP contribution in [0.2, 0.25) is 0 Å². The van der Waals surface area contributed by atoms with E-state index in [1.54, 1.807) is 6.07 Å². The van der Waals surface area contributed by atoms with Crippen molar-refractivity contribution in [2.45, 2.75) is 19.4 Å². The van der Waals surface area contributed by atoms with Crippen molar-refractivity contribution in [3.05, 3.63) is 29.6 Å². The molecule has 1 heterocycles. The number of hydrogen-bond acceptors (Lipinski definition) is 3. The molecular weight excluding hydrogens is 233 g/mol. The van der Waals surface area contributed by atoms with Gasteiger partial charge in [0.05, 0.1) is 12.6 Å². The minimum atomic E-state index is -0.406. The van der Waals surface area contributed by atoms with Crippen LogP contribution in [0.5, 0.6) is 0 Å². The lowest BCUT2D eigenvalue weighted by Crippen LogP contribution is -2.36. The second-order valence-corrected chi connectivity index (χ2v) is 4.78. The van der Waals surface area contributed by atoms with Crippen LogP contribution >= 0.6 is 0 Å². The molecule has 0 saturated carbocycles. The lowest BCUT2D eigenvalue weighted by Gasteiger charge is -2.29. The van der Waals surface area contributed by atoms with Crippen LogP contribution in [0.25, 0.3) is 0 Å². The summed E-state index contributed by atoms with van der Waals surface area (Å²) < 4.78 is 13.2. The Kier molecular flexibility index (Phi) is 3.52. The number of hydrogen-bond donors (Lipinski definition) is 3. The Hall–Kier alpha value is -1.62. The summed E-state index contributed by atoms with van der Waals surface area (Å²) in [5, 5.41) is 17.0. The molecular formula is C13H18FN3O. The summed E-state index contributed by atoms with van der Waals surface area (Å²) in [6.07, 6.45) is 0.972. The quantitative estimate of drug-likeness (QED) is 0.560. The Morgan fingerprint density at radius 1 is 1.61 bits per heavy atom. The Balaban J connectivity index is 2.41. The number of aliphatic hydroxyl groups is 1. The normalized spacial score (nSPS) is 23.4. The Labute approximate surface area is 106 Å². The monoisotopic (exact) mass is 251 g/mol. The molecule has 1 aromatic rings. The largest absolute Gasteiger partial charge is 0.394 e. The molecule has 1 fully saturated rings. The van der Waals surface area contributed by atoms with E-state index < -0.39 is 5.82 Å². The summed E-state index contributed by atoms with van der Waals surface area (Å²) in [4.78, 5) is 2.01. The van der Waals surface area contributed by atoms with Crippen LogP contribution in [-0.2, 0) is 0 Å². The highest BCUT2D eigenvalue weighted by molar-refractivity contribution is 6.00. The highest BCUT2D eigenvalue weighted by atomic mass is 19.1. The van der Waals surface area contributed by atoms with Crippen molar-refractivity contribution < 1.29 is 9.50 Å². The standard InChI is InChI=1S/C13H18FN3O/c1-8-4-5-17(12(8)7-18)11-3-2-9(14)6-10(11)13(15)16/h2-3,6,8,12,18H,4-5,7H2,1H3,(H3,15,16). The van der Waals surface area contributed by atoms with Gasteiger partial charge in [-0.05, 0) is 30.5 Å².